The third-order valence-electron chi connectivity index (χ3n) is 2.66. The molecule has 0 aliphatic rings. The number of rotatable bonds is 4. The van der Waals surface area contributed by atoms with Crippen molar-refractivity contribution in [3.8, 4) is 5.75 Å². The number of aryl methyl sites for hydroxylation is 1. The number of hydrogen-bond donors (Lipinski definition) is 1. The van der Waals surface area contributed by atoms with Crippen LogP contribution in [0.1, 0.15) is 23.5 Å². The summed E-state index contributed by atoms with van der Waals surface area (Å²) in [4.78, 5) is 1.18. The van der Waals surface area contributed by atoms with E-state index in [9.17, 15) is 5.11 Å². The molecule has 2 unspecified atom stereocenters. The van der Waals surface area contributed by atoms with Gasteiger partial charge in [-0.1, -0.05) is 17.7 Å². The molecular weight excluding hydrogens is 268 g/mol. The average Bonchev–Trinajstić information content (AvgIpc) is 2.75. The molecular formula is C14H15ClO2S. The third kappa shape index (κ3) is 3.25. The monoisotopic (exact) mass is 282 g/mol. The smallest absolute Gasteiger partial charge is 0.126 e. The number of hydrogen-bond acceptors (Lipinski definition) is 3. The van der Waals surface area contributed by atoms with Crippen LogP contribution in [0.4, 0.5) is 0 Å². The minimum atomic E-state index is -0.631. The fourth-order valence-corrected chi connectivity index (χ4v) is 2.62. The van der Waals surface area contributed by atoms with Gasteiger partial charge in [0.1, 0.15) is 18.0 Å². The first-order chi connectivity index (χ1) is 8.56. The van der Waals surface area contributed by atoms with Gasteiger partial charge in [-0.25, -0.2) is 0 Å². The Hall–Kier alpha value is -1.03. The van der Waals surface area contributed by atoms with Crippen LogP contribution in [0.3, 0.4) is 0 Å². The summed E-state index contributed by atoms with van der Waals surface area (Å²) in [6, 6.07) is 9.16. The summed E-state index contributed by atoms with van der Waals surface area (Å²) in [5.41, 5.74) is 0.895. The summed E-state index contributed by atoms with van der Waals surface area (Å²) in [5, 5.41) is 12.8. The molecule has 0 amide bonds. The van der Waals surface area contributed by atoms with Gasteiger partial charge in [0.25, 0.3) is 0 Å². The number of thiophene rings is 1. The van der Waals surface area contributed by atoms with Gasteiger partial charge in [0.2, 0.25) is 0 Å². The molecule has 2 nitrogen and oxygen atoms in total. The summed E-state index contributed by atoms with van der Waals surface area (Å²) >= 11 is 7.51. The molecule has 0 aliphatic heterocycles. The number of benzene rings is 1. The van der Waals surface area contributed by atoms with E-state index in [1.54, 1.807) is 23.5 Å². The molecule has 4 heteroatoms. The molecule has 1 heterocycles. The Balaban J connectivity index is 2.05. The van der Waals surface area contributed by atoms with Crippen molar-refractivity contribution in [2.45, 2.75) is 26.1 Å². The predicted molar refractivity (Wildman–Crippen MR) is 75.6 cm³/mol. The summed E-state index contributed by atoms with van der Waals surface area (Å²) < 4.78 is 5.69. The molecule has 0 saturated carbocycles. The van der Waals surface area contributed by atoms with Crippen molar-refractivity contribution in [1.29, 1.82) is 0 Å². The van der Waals surface area contributed by atoms with Crippen molar-refractivity contribution in [3.05, 3.63) is 51.2 Å². The molecule has 0 spiro atoms. The molecule has 2 atom stereocenters. The largest absolute Gasteiger partial charge is 0.488 e. The number of halogens is 1. The molecule has 0 saturated heterocycles. The molecule has 2 rings (SSSR count). The SMILES string of the molecule is Cc1cc(C(O)C(C)Oc2cccc(Cl)c2)cs1. The topological polar surface area (TPSA) is 29.5 Å². The predicted octanol–water partition coefficient (Wildman–Crippen LogP) is 4.21. The Labute approximate surface area is 116 Å². The van der Waals surface area contributed by atoms with Crippen LogP contribution < -0.4 is 4.74 Å². The molecule has 0 fully saturated rings. The van der Waals surface area contributed by atoms with Crippen LogP contribution in [-0.2, 0) is 0 Å². The highest BCUT2D eigenvalue weighted by atomic mass is 35.5. The Bertz CT molecular complexity index is 524. The van der Waals surface area contributed by atoms with Gasteiger partial charge in [0.05, 0.1) is 0 Å². The molecule has 1 N–H and O–H groups in total. The van der Waals surface area contributed by atoms with Crippen LogP contribution in [0.2, 0.25) is 5.02 Å². The Morgan fingerprint density at radius 3 is 2.72 bits per heavy atom. The van der Waals surface area contributed by atoms with Crippen molar-refractivity contribution in [2.24, 2.45) is 0 Å². The standard InChI is InChI=1S/C14H15ClO2S/c1-9-6-11(8-18-9)14(16)10(2)17-13-5-3-4-12(15)7-13/h3-8,10,14,16H,1-2H3. The molecule has 0 bridgehead atoms. The summed E-state index contributed by atoms with van der Waals surface area (Å²) in [5.74, 6) is 0.668. The van der Waals surface area contributed by atoms with Gasteiger partial charge < -0.3 is 9.84 Å². The lowest BCUT2D eigenvalue weighted by Gasteiger charge is -2.20. The van der Waals surface area contributed by atoms with E-state index in [0.717, 1.165) is 5.56 Å². The first kappa shape index (κ1) is 13.4. The molecule has 18 heavy (non-hydrogen) atoms. The fourth-order valence-electron chi connectivity index (χ4n) is 1.71. The van der Waals surface area contributed by atoms with E-state index >= 15 is 0 Å². The highest BCUT2D eigenvalue weighted by molar-refractivity contribution is 7.10. The zero-order valence-electron chi connectivity index (χ0n) is 10.3. The zero-order valence-corrected chi connectivity index (χ0v) is 11.8. The van der Waals surface area contributed by atoms with E-state index in [0.29, 0.717) is 10.8 Å². The van der Waals surface area contributed by atoms with Crippen molar-refractivity contribution < 1.29 is 9.84 Å². The van der Waals surface area contributed by atoms with Gasteiger partial charge in [0.15, 0.2) is 0 Å². The minimum absolute atomic E-state index is 0.322. The van der Waals surface area contributed by atoms with Crippen molar-refractivity contribution >= 4 is 22.9 Å². The number of aliphatic hydroxyl groups excluding tert-OH is 1. The van der Waals surface area contributed by atoms with Gasteiger partial charge in [-0.15, -0.1) is 11.3 Å². The highest BCUT2D eigenvalue weighted by Gasteiger charge is 2.19. The van der Waals surface area contributed by atoms with E-state index < -0.39 is 6.10 Å². The summed E-state index contributed by atoms with van der Waals surface area (Å²) in [6.45, 7) is 3.86. The van der Waals surface area contributed by atoms with E-state index in [-0.39, 0.29) is 6.10 Å². The van der Waals surface area contributed by atoms with Crippen LogP contribution in [0, 0.1) is 6.92 Å². The lowest BCUT2D eigenvalue weighted by molar-refractivity contribution is 0.0470. The second-order valence-electron chi connectivity index (χ2n) is 4.22. The average molecular weight is 283 g/mol. The maximum atomic E-state index is 10.2. The van der Waals surface area contributed by atoms with E-state index in [4.69, 9.17) is 16.3 Å². The van der Waals surface area contributed by atoms with Gasteiger partial charge >= 0.3 is 0 Å². The second-order valence-corrected chi connectivity index (χ2v) is 5.77. The summed E-state index contributed by atoms with van der Waals surface area (Å²) in [6.07, 6.45) is -0.952. The first-order valence-electron chi connectivity index (χ1n) is 5.71. The van der Waals surface area contributed by atoms with Crippen LogP contribution in [0.5, 0.6) is 5.75 Å². The van der Waals surface area contributed by atoms with Gasteiger partial charge in [-0.05, 0) is 49.1 Å². The first-order valence-corrected chi connectivity index (χ1v) is 6.97. The third-order valence-corrected chi connectivity index (χ3v) is 3.77. The van der Waals surface area contributed by atoms with Gasteiger partial charge in [0, 0.05) is 9.90 Å². The van der Waals surface area contributed by atoms with Crippen molar-refractivity contribution in [1.82, 2.24) is 0 Å². The quantitative estimate of drug-likeness (QED) is 0.910. The number of ether oxygens (including phenoxy) is 1. The van der Waals surface area contributed by atoms with Crippen molar-refractivity contribution in [2.75, 3.05) is 0 Å². The van der Waals surface area contributed by atoms with E-state index in [1.807, 2.05) is 37.4 Å². The Kier molecular flexibility index (Phi) is 4.27. The molecule has 2 aromatic rings. The van der Waals surface area contributed by atoms with Gasteiger partial charge in [-0.3, -0.25) is 0 Å². The van der Waals surface area contributed by atoms with E-state index in [1.165, 1.54) is 4.88 Å². The van der Waals surface area contributed by atoms with Crippen LogP contribution >= 0.6 is 22.9 Å². The lowest BCUT2D eigenvalue weighted by Crippen LogP contribution is -2.21. The van der Waals surface area contributed by atoms with E-state index in [2.05, 4.69) is 0 Å². The number of aliphatic hydroxyl groups is 1. The highest BCUT2D eigenvalue weighted by Crippen LogP contribution is 2.26. The summed E-state index contributed by atoms with van der Waals surface area (Å²) in [7, 11) is 0. The minimum Gasteiger partial charge on any atom is -0.488 e. The van der Waals surface area contributed by atoms with Crippen LogP contribution in [0.25, 0.3) is 0 Å². The molecule has 1 aromatic carbocycles. The fraction of sp³-hybridized carbons (Fsp3) is 0.286. The normalized spacial score (nSPS) is 14.2. The van der Waals surface area contributed by atoms with Crippen LogP contribution in [-0.4, -0.2) is 11.2 Å². The molecule has 0 radical (unpaired) electrons. The van der Waals surface area contributed by atoms with Gasteiger partial charge in [-0.2, -0.15) is 0 Å². The maximum absolute atomic E-state index is 10.2. The zero-order chi connectivity index (χ0) is 13.1. The molecule has 0 aliphatic carbocycles. The lowest BCUT2D eigenvalue weighted by atomic mass is 10.1. The van der Waals surface area contributed by atoms with Crippen LogP contribution in [0.15, 0.2) is 35.7 Å². The molecule has 96 valence electrons. The second kappa shape index (κ2) is 5.74. The Morgan fingerprint density at radius 2 is 2.11 bits per heavy atom. The maximum Gasteiger partial charge on any atom is 0.126 e. The molecule has 1 aromatic heterocycles. The Morgan fingerprint density at radius 1 is 1.33 bits per heavy atom. The van der Waals surface area contributed by atoms with Crippen molar-refractivity contribution in [3.63, 3.8) is 0 Å².